The van der Waals surface area contributed by atoms with Gasteiger partial charge >= 0.3 is 39.5 Å². The zero-order valence-electron chi connectivity index (χ0n) is 68.0. The van der Waals surface area contributed by atoms with E-state index in [4.69, 9.17) is 37.0 Å². The summed E-state index contributed by atoms with van der Waals surface area (Å²) < 4.78 is 68.9. The molecule has 0 spiro atoms. The number of carbonyl (C=O) groups excluding carboxylic acids is 4. The number of carbonyl (C=O) groups is 4. The summed E-state index contributed by atoms with van der Waals surface area (Å²) in [6, 6.07) is 0. The molecule has 618 valence electrons. The molecule has 3 N–H and O–H groups in total. The van der Waals surface area contributed by atoms with Gasteiger partial charge in [0.2, 0.25) is 0 Å². The van der Waals surface area contributed by atoms with Crippen molar-refractivity contribution in [3.8, 4) is 0 Å². The Hall–Kier alpha value is -1.94. The van der Waals surface area contributed by atoms with E-state index in [0.29, 0.717) is 25.7 Å². The first-order valence-corrected chi connectivity index (χ1v) is 47.3. The Bertz CT molecular complexity index is 1960. The van der Waals surface area contributed by atoms with Crippen LogP contribution in [0.4, 0.5) is 0 Å². The molecule has 0 aromatic carbocycles. The number of unbranched alkanes of at least 4 members (excludes halogenated alkanes) is 60. The SMILES string of the molecule is CCCCCCCCCCCCCCCCCCCCCC(=O)OC[C@H](COP(=O)(O)OC[C@@H](O)COP(=O)(O)OC[C@@H](COC(=O)CCCCCCCCCCCCCC)OC(=O)CCCCCCCCCCCCCCCC)OC(=O)CCCCCCCCCCCCCCCCCCCCC. The second-order valence-electron chi connectivity index (χ2n) is 30.6. The first-order chi connectivity index (χ1) is 50.7. The molecule has 0 rings (SSSR count). The summed E-state index contributed by atoms with van der Waals surface area (Å²) in [6.07, 6.45) is 73.5. The molecule has 0 aromatic rings. The van der Waals surface area contributed by atoms with Gasteiger partial charge in [0, 0.05) is 25.7 Å². The zero-order chi connectivity index (χ0) is 76.0. The van der Waals surface area contributed by atoms with Gasteiger partial charge in [-0.3, -0.25) is 37.3 Å². The number of aliphatic hydroxyl groups is 1. The number of esters is 4. The van der Waals surface area contributed by atoms with E-state index in [1.807, 2.05) is 0 Å². The van der Waals surface area contributed by atoms with Gasteiger partial charge in [0.1, 0.15) is 19.3 Å². The Morgan fingerprint density at radius 3 is 0.567 bits per heavy atom. The Morgan fingerprint density at radius 2 is 0.385 bits per heavy atom. The minimum atomic E-state index is -4.96. The molecule has 0 fully saturated rings. The topological polar surface area (TPSA) is 237 Å². The predicted molar refractivity (Wildman–Crippen MR) is 428 cm³/mol. The van der Waals surface area contributed by atoms with Gasteiger partial charge in [-0.1, -0.05) is 413 Å². The molecular formula is C85H166O17P2. The van der Waals surface area contributed by atoms with Gasteiger partial charge in [-0.15, -0.1) is 0 Å². The molecule has 19 heteroatoms. The highest BCUT2D eigenvalue weighted by Gasteiger charge is 2.30. The van der Waals surface area contributed by atoms with E-state index in [-0.39, 0.29) is 25.7 Å². The minimum Gasteiger partial charge on any atom is -0.462 e. The average Bonchev–Trinajstić information content (AvgIpc) is 0.905. The lowest BCUT2D eigenvalue weighted by atomic mass is 10.0. The van der Waals surface area contributed by atoms with E-state index < -0.39 is 97.5 Å². The van der Waals surface area contributed by atoms with Crippen LogP contribution in [0.25, 0.3) is 0 Å². The third kappa shape index (κ3) is 78.2. The highest BCUT2D eigenvalue weighted by molar-refractivity contribution is 7.47. The molecule has 104 heavy (non-hydrogen) atoms. The fraction of sp³-hybridized carbons (Fsp3) is 0.953. The van der Waals surface area contributed by atoms with E-state index in [9.17, 15) is 43.2 Å². The van der Waals surface area contributed by atoms with Crippen LogP contribution < -0.4 is 0 Å². The maximum atomic E-state index is 13.1. The van der Waals surface area contributed by atoms with Crippen molar-refractivity contribution in [2.75, 3.05) is 39.6 Å². The zero-order valence-corrected chi connectivity index (χ0v) is 69.8. The van der Waals surface area contributed by atoms with Crippen molar-refractivity contribution >= 4 is 39.5 Å². The van der Waals surface area contributed by atoms with Gasteiger partial charge in [0.15, 0.2) is 12.2 Å². The second-order valence-corrected chi connectivity index (χ2v) is 33.5. The number of ether oxygens (including phenoxy) is 4. The van der Waals surface area contributed by atoms with E-state index in [1.54, 1.807) is 0 Å². The van der Waals surface area contributed by atoms with Crippen molar-refractivity contribution < 1.29 is 80.2 Å². The normalized spacial score (nSPS) is 13.7. The van der Waals surface area contributed by atoms with Crippen LogP contribution in [0.3, 0.4) is 0 Å². The molecule has 2 unspecified atom stereocenters. The van der Waals surface area contributed by atoms with Crippen LogP contribution in [0.5, 0.6) is 0 Å². The quantitative estimate of drug-likeness (QED) is 0.0222. The first kappa shape index (κ1) is 102. The van der Waals surface area contributed by atoms with Crippen LogP contribution in [0.2, 0.25) is 0 Å². The van der Waals surface area contributed by atoms with Gasteiger partial charge in [-0.2, -0.15) is 0 Å². The van der Waals surface area contributed by atoms with Crippen molar-refractivity contribution in [3.63, 3.8) is 0 Å². The minimum absolute atomic E-state index is 0.109. The molecule has 0 aliphatic rings. The highest BCUT2D eigenvalue weighted by atomic mass is 31.2. The van der Waals surface area contributed by atoms with Crippen LogP contribution >= 0.6 is 15.6 Å². The number of hydrogen-bond acceptors (Lipinski definition) is 15. The maximum Gasteiger partial charge on any atom is 0.472 e. The average molecular weight is 1520 g/mol. The van der Waals surface area contributed by atoms with E-state index >= 15 is 0 Å². The number of hydrogen-bond donors (Lipinski definition) is 3. The van der Waals surface area contributed by atoms with Crippen LogP contribution in [0.15, 0.2) is 0 Å². The molecule has 5 atom stereocenters. The lowest BCUT2D eigenvalue weighted by Gasteiger charge is -2.21. The van der Waals surface area contributed by atoms with Gasteiger partial charge in [0.25, 0.3) is 0 Å². The van der Waals surface area contributed by atoms with Crippen LogP contribution in [0.1, 0.15) is 464 Å². The largest absolute Gasteiger partial charge is 0.472 e. The van der Waals surface area contributed by atoms with Gasteiger partial charge in [-0.25, -0.2) is 9.13 Å². The van der Waals surface area contributed by atoms with Crippen molar-refractivity contribution in [1.82, 2.24) is 0 Å². The van der Waals surface area contributed by atoms with E-state index in [2.05, 4.69) is 27.7 Å². The van der Waals surface area contributed by atoms with Crippen molar-refractivity contribution in [3.05, 3.63) is 0 Å². The van der Waals surface area contributed by atoms with Crippen molar-refractivity contribution in [1.29, 1.82) is 0 Å². The molecule has 0 aliphatic heterocycles. The fourth-order valence-corrected chi connectivity index (χ4v) is 14.9. The van der Waals surface area contributed by atoms with Crippen molar-refractivity contribution in [2.45, 2.75) is 483 Å². The molecule has 0 aliphatic carbocycles. The first-order valence-electron chi connectivity index (χ1n) is 44.3. The summed E-state index contributed by atoms with van der Waals surface area (Å²) >= 11 is 0. The Labute approximate surface area is 638 Å². The number of aliphatic hydroxyl groups excluding tert-OH is 1. The summed E-state index contributed by atoms with van der Waals surface area (Å²) in [6.45, 7) is 5.06. The highest BCUT2D eigenvalue weighted by Crippen LogP contribution is 2.45. The van der Waals surface area contributed by atoms with Crippen molar-refractivity contribution in [2.24, 2.45) is 0 Å². The lowest BCUT2D eigenvalue weighted by Crippen LogP contribution is -2.30. The number of phosphoric ester groups is 2. The van der Waals surface area contributed by atoms with E-state index in [0.717, 1.165) is 89.9 Å². The third-order valence-electron chi connectivity index (χ3n) is 20.1. The number of rotatable bonds is 86. The molecule has 0 saturated carbocycles. The maximum absolute atomic E-state index is 13.1. The van der Waals surface area contributed by atoms with Crippen LogP contribution in [-0.4, -0.2) is 96.7 Å². The fourth-order valence-electron chi connectivity index (χ4n) is 13.3. The Kier molecular flexibility index (Phi) is 77.7. The standard InChI is InChI=1S/C85H166O17P2/c1-5-9-13-17-21-25-29-33-36-38-40-42-44-47-50-54-58-62-66-70-83(88)96-76-81(102-85(90)72-68-64-60-56-52-48-45-43-41-39-37-34-30-26-22-18-14-10-6-2)78-100-104(93,94)98-74-79(86)73-97-103(91,92)99-77-80(75-95-82(87)69-65-61-57-53-49-32-28-24-20-16-12-8-4)101-84(89)71-67-63-59-55-51-46-35-31-27-23-19-15-11-7-3/h79-81,86H,5-78H2,1-4H3,(H,91,92)(H,93,94)/t79-,80+,81+/m0/s1. The second kappa shape index (κ2) is 79.2. The molecule has 0 heterocycles. The molecule has 0 saturated heterocycles. The van der Waals surface area contributed by atoms with Gasteiger partial charge in [0.05, 0.1) is 26.4 Å². The van der Waals surface area contributed by atoms with Gasteiger partial charge < -0.3 is 33.8 Å². The molecular weight excluding hydrogens is 1350 g/mol. The number of phosphoric acid groups is 2. The monoisotopic (exact) mass is 1520 g/mol. The Morgan fingerprint density at radius 1 is 0.231 bits per heavy atom. The molecule has 0 radical (unpaired) electrons. The summed E-state index contributed by atoms with van der Waals surface area (Å²) in [5.41, 5.74) is 0. The molecule has 0 amide bonds. The molecule has 0 bridgehead atoms. The van der Waals surface area contributed by atoms with Crippen LogP contribution in [0, 0.1) is 0 Å². The van der Waals surface area contributed by atoms with Gasteiger partial charge in [-0.05, 0) is 25.7 Å². The lowest BCUT2D eigenvalue weighted by molar-refractivity contribution is -0.161. The molecule has 17 nitrogen and oxygen atoms in total. The third-order valence-corrected chi connectivity index (χ3v) is 22.0. The molecule has 0 aromatic heterocycles. The summed E-state index contributed by atoms with van der Waals surface area (Å²) in [5.74, 6) is -2.10. The predicted octanol–water partition coefficient (Wildman–Crippen LogP) is 26.1. The summed E-state index contributed by atoms with van der Waals surface area (Å²) in [5, 5.41) is 10.7. The van der Waals surface area contributed by atoms with Crippen LogP contribution in [-0.2, 0) is 65.4 Å². The van der Waals surface area contributed by atoms with E-state index in [1.165, 1.54) is 295 Å². The summed E-state index contributed by atoms with van der Waals surface area (Å²) in [4.78, 5) is 73.2. The smallest absolute Gasteiger partial charge is 0.462 e. The summed E-state index contributed by atoms with van der Waals surface area (Å²) in [7, 11) is -9.92. The Balaban J connectivity index is 5.24.